The van der Waals surface area contributed by atoms with Gasteiger partial charge in [0.1, 0.15) is 5.60 Å². The standard InChI is InChI=1S/C13H26N2O2/c1-10-8-15(9-11(10)6-7-14-5)12(16)17-13(2,3)4/h10-11,14H,6-9H2,1-5H3/t10-,11+/m0/s1. The molecule has 0 aromatic rings. The molecule has 1 aliphatic rings. The highest BCUT2D eigenvalue weighted by molar-refractivity contribution is 5.68. The normalized spacial score (nSPS) is 25.1. The van der Waals surface area contributed by atoms with Crippen molar-refractivity contribution < 1.29 is 9.53 Å². The van der Waals surface area contributed by atoms with Crippen LogP contribution < -0.4 is 5.32 Å². The summed E-state index contributed by atoms with van der Waals surface area (Å²) >= 11 is 0. The second kappa shape index (κ2) is 5.71. The zero-order valence-electron chi connectivity index (χ0n) is 11.7. The zero-order chi connectivity index (χ0) is 13.1. The van der Waals surface area contributed by atoms with Gasteiger partial charge < -0.3 is 15.0 Å². The van der Waals surface area contributed by atoms with Gasteiger partial charge in [-0.25, -0.2) is 4.79 Å². The number of rotatable bonds is 3. The van der Waals surface area contributed by atoms with Crippen molar-refractivity contribution in [2.24, 2.45) is 11.8 Å². The number of amides is 1. The quantitative estimate of drug-likeness (QED) is 0.824. The fraction of sp³-hybridized carbons (Fsp3) is 0.923. The topological polar surface area (TPSA) is 41.6 Å². The number of carbonyl (C=O) groups excluding carboxylic acids is 1. The van der Waals surface area contributed by atoms with E-state index in [4.69, 9.17) is 4.74 Å². The van der Waals surface area contributed by atoms with Crippen molar-refractivity contribution >= 4 is 6.09 Å². The highest BCUT2D eigenvalue weighted by atomic mass is 16.6. The van der Waals surface area contributed by atoms with Crippen LogP contribution in [-0.4, -0.2) is 43.3 Å². The molecule has 100 valence electrons. The molecule has 1 N–H and O–H groups in total. The van der Waals surface area contributed by atoms with Crippen molar-refractivity contribution in [1.82, 2.24) is 10.2 Å². The molecule has 0 aromatic carbocycles. The molecule has 0 unspecified atom stereocenters. The number of ether oxygens (including phenoxy) is 1. The van der Waals surface area contributed by atoms with Crippen LogP contribution in [0, 0.1) is 11.8 Å². The predicted octanol–water partition coefficient (Wildman–Crippen LogP) is 2.10. The lowest BCUT2D eigenvalue weighted by Gasteiger charge is -2.24. The first kappa shape index (κ1) is 14.3. The van der Waals surface area contributed by atoms with Crippen LogP contribution in [0.1, 0.15) is 34.1 Å². The predicted molar refractivity (Wildman–Crippen MR) is 69.0 cm³/mol. The molecule has 1 heterocycles. The fourth-order valence-corrected chi connectivity index (χ4v) is 2.22. The molecule has 1 fully saturated rings. The van der Waals surface area contributed by atoms with Crippen LogP contribution >= 0.6 is 0 Å². The number of nitrogens with one attached hydrogen (secondary N) is 1. The van der Waals surface area contributed by atoms with Crippen LogP contribution in [0.2, 0.25) is 0 Å². The first-order valence-electron chi connectivity index (χ1n) is 6.46. The Balaban J connectivity index is 2.45. The smallest absolute Gasteiger partial charge is 0.410 e. The molecule has 1 aliphatic heterocycles. The summed E-state index contributed by atoms with van der Waals surface area (Å²) < 4.78 is 5.39. The summed E-state index contributed by atoms with van der Waals surface area (Å²) in [4.78, 5) is 13.8. The Morgan fingerprint density at radius 2 is 2.06 bits per heavy atom. The highest BCUT2D eigenvalue weighted by Crippen LogP contribution is 2.26. The van der Waals surface area contributed by atoms with Crippen molar-refractivity contribution in [1.29, 1.82) is 0 Å². The lowest BCUT2D eigenvalue weighted by molar-refractivity contribution is 0.0284. The van der Waals surface area contributed by atoms with E-state index in [9.17, 15) is 4.79 Å². The van der Waals surface area contributed by atoms with Gasteiger partial charge in [0, 0.05) is 13.1 Å². The molecule has 4 heteroatoms. The maximum Gasteiger partial charge on any atom is 0.410 e. The molecule has 0 aromatic heterocycles. The molecular weight excluding hydrogens is 216 g/mol. The van der Waals surface area contributed by atoms with Crippen molar-refractivity contribution in [2.75, 3.05) is 26.7 Å². The summed E-state index contributed by atoms with van der Waals surface area (Å²) in [6.45, 7) is 10.6. The summed E-state index contributed by atoms with van der Waals surface area (Å²) in [5.41, 5.74) is -0.399. The Kier molecular flexibility index (Phi) is 4.80. The maximum atomic E-state index is 11.9. The average molecular weight is 242 g/mol. The van der Waals surface area contributed by atoms with Gasteiger partial charge in [0.05, 0.1) is 0 Å². The second-order valence-corrected chi connectivity index (χ2v) is 6.01. The van der Waals surface area contributed by atoms with Gasteiger partial charge in [0.2, 0.25) is 0 Å². The van der Waals surface area contributed by atoms with E-state index in [1.54, 1.807) is 0 Å². The van der Waals surface area contributed by atoms with Crippen molar-refractivity contribution in [3.8, 4) is 0 Å². The van der Waals surface area contributed by atoms with Crippen LogP contribution in [0.4, 0.5) is 4.79 Å². The van der Waals surface area contributed by atoms with Crippen molar-refractivity contribution in [3.63, 3.8) is 0 Å². The number of carbonyl (C=O) groups is 1. The van der Waals surface area contributed by atoms with Crippen molar-refractivity contribution in [2.45, 2.75) is 39.7 Å². The van der Waals surface area contributed by atoms with E-state index in [0.29, 0.717) is 11.8 Å². The first-order valence-corrected chi connectivity index (χ1v) is 6.46. The maximum absolute atomic E-state index is 11.9. The van der Waals surface area contributed by atoms with E-state index < -0.39 is 5.60 Å². The molecule has 0 saturated carbocycles. The van der Waals surface area contributed by atoms with Crippen LogP contribution in [0.15, 0.2) is 0 Å². The summed E-state index contributed by atoms with van der Waals surface area (Å²) in [5, 5.41) is 3.16. The molecule has 17 heavy (non-hydrogen) atoms. The molecule has 0 bridgehead atoms. The Morgan fingerprint density at radius 1 is 1.41 bits per heavy atom. The Labute approximate surface area is 105 Å². The molecule has 2 atom stereocenters. The Morgan fingerprint density at radius 3 is 2.59 bits per heavy atom. The van der Waals surface area contributed by atoms with Crippen LogP contribution in [0.3, 0.4) is 0 Å². The summed E-state index contributed by atoms with van der Waals surface area (Å²) in [5.74, 6) is 1.16. The Bertz CT molecular complexity index is 261. The molecule has 0 radical (unpaired) electrons. The number of nitrogens with zero attached hydrogens (tertiary/aromatic N) is 1. The number of hydrogen-bond acceptors (Lipinski definition) is 3. The van der Waals surface area contributed by atoms with E-state index >= 15 is 0 Å². The van der Waals surface area contributed by atoms with Crippen LogP contribution in [0.5, 0.6) is 0 Å². The average Bonchev–Trinajstić information content (AvgIpc) is 2.54. The number of likely N-dealkylation sites (tertiary alicyclic amines) is 1. The summed E-state index contributed by atoms with van der Waals surface area (Å²) in [6, 6.07) is 0. The third-order valence-corrected chi connectivity index (χ3v) is 3.18. The molecule has 0 aliphatic carbocycles. The minimum absolute atomic E-state index is 0.170. The van der Waals surface area contributed by atoms with E-state index in [0.717, 1.165) is 26.1 Å². The molecular formula is C13H26N2O2. The SMILES string of the molecule is CNCC[C@@H]1CN(C(=O)OC(C)(C)C)C[C@@H]1C. The van der Waals surface area contributed by atoms with Gasteiger partial charge in [-0.1, -0.05) is 6.92 Å². The van der Waals surface area contributed by atoms with E-state index in [-0.39, 0.29) is 6.09 Å². The molecule has 1 rings (SSSR count). The Hall–Kier alpha value is -0.770. The minimum Gasteiger partial charge on any atom is -0.444 e. The van der Waals surface area contributed by atoms with Gasteiger partial charge in [0.15, 0.2) is 0 Å². The van der Waals surface area contributed by atoms with Crippen molar-refractivity contribution in [3.05, 3.63) is 0 Å². The summed E-state index contributed by atoms with van der Waals surface area (Å²) in [6.07, 6.45) is 0.952. The number of hydrogen-bond donors (Lipinski definition) is 1. The lowest BCUT2D eigenvalue weighted by Crippen LogP contribution is -2.35. The molecule has 1 amide bonds. The third-order valence-electron chi connectivity index (χ3n) is 3.18. The van der Waals surface area contributed by atoms with Gasteiger partial charge in [0.25, 0.3) is 0 Å². The molecule has 1 saturated heterocycles. The van der Waals surface area contributed by atoms with E-state index in [1.165, 1.54) is 0 Å². The van der Waals surface area contributed by atoms with E-state index in [2.05, 4.69) is 12.2 Å². The van der Waals surface area contributed by atoms with Crippen LogP contribution in [0.25, 0.3) is 0 Å². The minimum atomic E-state index is -0.399. The molecule has 4 nitrogen and oxygen atoms in total. The monoisotopic (exact) mass is 242 g/mol. The van der Waals surface area contributed by atoms with Gasteiger partial charge >= 0.3 is 6.09 Å². The van der Waals surface area contributed by atoms with E-state index in [1.807, 2.05) is 32.7 Å². The van der Waals surface area contributed by atoms with Gasteiger partial charge in [-0.3, -0.25) is 0 Å². The largest absolute Gasteiger partial charge is 0.444 e. The molecule has 0 spiro atoms. The zero-order valence-corrected chi connectivity index (χ0v) is 11.7. The fourth-order valence-electron chi connectivity index (χ4n) is 2.22. The summed E-state index contributed by atoms with van der Waals surface area (Å²) in [7, 11) is 1.96. The van der Waals surface area contributed by atoms with Crippen LogP contribution in [-0.2, 0) is 4.74 Å². The third kappa shape index (κ3) is 4.54. The lowest BCUT2D eigenvalue weighted by atomic mass is 9.95. The van der Waals surface area contributed by atoms with Gasteiger partial charge in [-0.2, -0.15) is 0 Å². The van der Waals surface area contributed by atoms with Gasteiger partial charge in [-0.05, 0) is 52.6 Å². The van der Waals surface area contributed by atoms with Gasteiger partial charge in [-0.15, -0.1) is 0 Å². The first-order chi connectivity index (χ1) is 7.83. The second-order valence-electron chi connectivity index (χ2n) is 6.01. The highest BCUT2D eigenvalue weighted by Gasteiger charge is 2.34.